The van der Waals surface area contributed by atoms with Crippen LogP contribution in [0.1, 0.15) is 19.3 Å². The fourth-order valence-corrected chi connectivity index (χ4v) is 2.86. The molecule has 0 saturated carbocycles. The van der Waals surface area contributed by atoms with Gasteiger partial charge in [0, 0.05) is 19.5 Å². The summed E-state index contributed by atoms with van der Waals surface area (Å²) in [5.41, 5.74) is 0. The predicted octanol–water partition coefficient (Wildman–Crippen LogP) is -0.319. The van der Waals surface area contributed by atoms with E-state index >= 15 is 0 Å². The Labute approximate surface area is 118 Å². The number of halogens is 3. The molecule has 2 N–H and O–H groups in total. The molecule has 3 heterocycles. The van der Waals surface area contributed by atoms with E-state index in [1.807, 2.05) is 0 Å². The number of hydroxylamine groups is 2. The largest absolute Gasteiger partial charge is 0.437 e. The Kier molecular flexibility index (Phi) is 4.44. The van der Waals surface area contributed by atoms with Gasteiger partial charge in [0.25, 0.3) is 0 Å². The van der Waals surface area contributed by atoms with E-state index in [1.165, 1.54) is 0 Å². The Hall–Kier alpha value is -0.950. The van der Waals surface area contributed by atoms with Crippen molar-refractivity contribution in [2.75, 3.05) is 13.1 Å². The maximum absolute atomic E-state index is 12.9. The van der Waals surface area contributed by atoms with E-state index in [-0.39, 0.29) is 32.4 Å². The number of hydrogen-bond acceptors (Lipinski definition) is 7. The molecule has 0 spiro atoms. The van der Waals surface area contributed by atoms with Gasteiger partial charge in [-0.05, 0) is 12.8 Å². The SMILES string of the molecule is NOS(=O)(=O)ON1C(=O)CCCC(C(F)(F)F)N2CC1C2. The van der Waals surface area contributed by atoms with Crippen molar-refractivity contribution in [2.45, 2.75) is 37.5 Å². The average molecular weight is 333 g/mol. The topological polar surface area (TPSA) is 102 Å². The first-order valence-electron chi connectivity index (χ1n) is 6.10. The van der Waals surface area contributed by atoms with E-state index in [9.17, 15) is 26.4 Å². The highest BCUT2D eigenvalue weighted by atomic mass is 32.3. The third kappa shape index (κ3) is 3.63. The molecule has 3 rings (SSSR count). The van der Waals surface area contributed by atoms with Crippen molar-refractivity contribution in [2.24, 2.45) is 5.90 Å². The first-order valence-corrected chi connectivity index (χ1v) is 7.43. The van der Waals surface area contributed by atoms with Crippen molar-refractivity contribution in [3.63, 3.8) is 0 Å². The van der Waals surface area contributed by atoms with Crippen LogP contribution in [0, 0.1) is 0 Å². The van der Waals surface area contributed by atoms with Gasteiger partial charge in [-0.3, -0.25) is 9.69 Å². The lowest BCUT2D eigenvalue weighted by molar-refractivity contribution is -0.215. The van der Waals surface area contributed by atoms with Gasteiger partial charge in [-0.2, -0.15) is 36.8 Å². The number of carbonyl (C=O) groups excluding carboxylic acids is 1. The monoisotopic (exact) mass is 333 g/mol. The summed E-state index contributed by atoms with van der Waals surface area (Å²) in [7, 11) is -4.60. The van der Waals surface area contributed by atoms with Crippen molar-refractivity contribution in [3.8, 4) is 0 Å². The lowest BCUT2D eigenvalue weighted by Gasteiger charge is -2.46. The van der Waals surface area contributed by atoms with Crippen LogP contribution in [-0.2, 0) is 23.8 Å². The number of fused-ring (bicyclic) bond motifs is 5. The van der Waals surface area contributed by atoms with Crippen LogP contribution in [0.3, 0.4) is 0 Å². The zero-order valence-electron chi connectivity index (χ0n) is 10.7. The summed E-state index contributed by atoms with van der Waals surface area (Å²) in [5, 5.41) is 0.539. The highest BCUT2D eigenvalue weighted by Crippen LogP contribution is 2.34. The van der Waals surface area contributed by atoms with E-state index < -0.39 is 34.6 Å². The number of carbonyl (C=O) groups is 1. The van der Waals surface area contributed by atoms with Crippen LogP contribution in [-0.4, -0.2) is 55.6 Å². The van der Waals surface area contributed by atoms with E-state index in [0.717, 1.165) is 4.90 Å². The van der Waals surface area contributed by atoms with Gasteiger partial charge in [-0.25, -0.2) is 0 Å². The molecule has 0 radical (unpaired) electrons. The summed E-state index contributed by atoms with van der Waals surface area (Å²) >= 11 is 0. The molecule has 2 bridgehead atoms. The third-order valence-electron chi connectivity index (χ3n) is 3.44. The summed E-state index contributed by atoms with van der Waals surface area (Å²) in [6.45, 7) is -0.258. The second-order valence-corrected chi connectivity index (χ2v) is 6.01. The molecule has 1 amide bonds. The highest BCUT2D eigenvalue weighted by molar-refractivity contribution is 7.81. The number of rotatable bonds is 3. The molecule has 12 heteroatoms. The smallest absolute Gasteiger partial charge is 0.288 e. The van der Waals surface area contributed by atoms with Crippen molar-refractivity contribution >= 4 is 16.3 Å². The van der Waals surface area contributed by atoms with Crippen molar-refractivity contribution in [3.05, 3.63) is 0 Å². The van der Waals surface area contributed by atoms with Gasteiger partial charge in [-0.15, -0.1) is 4.28 Å². The van der Waals surface area contributed by atoms with E-state index in [2.05, 4.69) is 14.5 Å². The molecule has 1 atom stereocenters. The van der Waals surface area contributed by atoms with E-state index in [4.69, 9.17) is 0 Å². The lowest BCUT2D eigenvalue weighted by Crippen LogP contribution is -2.65. The minimum atomic E-state index is -4.60. The zero-order valence-corrected chi connectivity index (χ0v) is 11.6. The molecular weight excluding hydrogens is 319 g/mol. The Bertz CT molecular complexity index is 505. The molecule has 122 valence electrons. The number of nitrogens with zero attached hydrogens (tertiary/aromatic N) is 2. The van der Waals surface area contributed by atoms with Gasteiger partial charge in [-0.1, -0.05) is 0 Å². The first kappa shape index (κ1) is 16.4. The second kappa shape index (κ2) is 5.68. The number of hydrogen-bond donors (Lipinski definition) is 1. The van der Waals surface area contributed by atoms with Crippen molar-refractivity contribution in [1.82, 2.24) is 9.96 Å². The molecule has 0 aromatic carbocycles. The Balaban J connectivity index is 2.13. The van der Waals surface area contributed by atoms with Crippen LogP contribution in [0.4, 0.5) is 13.2 Å². The summed E-state index contributed by atoms with van der Waals surface area (Å²) in [6, 6.07) is -2.42. The molecule has 3 saturated heterocycles. The average Bonchev–Trinajstić information content (AvgIpc) is 2.41. The molecule has 0 aliphatic carbocycles. The van der Waals surface area contributed by atoms with Crippen LogP contribution in [0.2, 0.25) is 0 Å². The highest BCUT2D eigenvalue weighted by Gasteiger charge is 2.50. The minimum Gasteiger partial charge on any atom is -0.288 e. The van der Waals surface area contributed by atoms with Crippen LogP contribution >= 0.6 is 0 Å². The Morgan fingerprint density at radius 2 is 1.90 bits per heavy atom. The third-order valence-corrected chi connectivity index (χ3v) is 4.02. The van der Waals surface area contributed by atoms with Crippen molar-refractivity contribution in [1.29, 1.82) is 0 Å². The molecule has 3 fully saturated rings. The lowest BCUT2D eigenvalue weighted by atomic mass is 10.0. The van der Waals surface area contributed by atoms with E-state index in [0.29, 0.717) is 5.06 Å². The molecular formula is C9H14F3N3O5S. The fraction of sp³-hybridized carbons (Fsp3) is 0.889. The fourth-order valence-electron chi connectivity index (χ4n) is 2.42. The number of amides is 1. The van der Waals surface area contributed by atoms with Crippen molar-refractivity contribution < 1.29 is 35.0 Å². The van der Waals surface area contributed by atoms with Gasteiger partial charge in [0.05, 0.1) is 6.04 Å². The normalized spacial score (nSPS) is 31.1. The van der Waals surface area contributed by atoms with Gasteiger partial charge in [0.1, 0.15) is 6.04 Å². The standard InChI is InChI=1S/C9H14F3N3O5S/c10-9(11,12)7-2-1-3-8(16)15(6-4-14(7)5-6)20-21(17,18)19-13/h6-7H,1-5,13H2. The second-order valence-electron chi connectivity index (χ2n) is 4.86. The van der Waals surface area contributed by atoms with E-state index in [1.54, 1.807) is 0 Å². The molecule has 8 nitrogen and oxygen atoms in total. The predicted molar refractivity (Wildman–Crippen MR) is 61.2 cm³/mol. The Morgan fingerprint density at radius 3 is 2.43 bits per heavy atom. The Morgan fingerprint density at radius 1 is 1.29 bits per heavy atom. The summed E-state index contributed by atoms with van der Waals surface area (Å²) < 4.78 is 68.9. The maximum Gasteiger partial charge on any atom is 0.437 e. The van der Waals surface area contributed by atoms with Gasteiger partial charge in [0.15, 0.2) is 0 Å². The van der Waals surface area contributed by atoms with Crippen LogP contribution in [0.25, 0.3) is 0 Å². The van der Waals surface area contributed by atoms with Gasteiger partial charge >= 0.3 is 16.6 Å². The van der Waals surface area contributed by atoms with Crippen LogP contribution in [0.5, 0.6) is 0 Å². The number of alkyl halides is 3. The zero-order chi connectivity index (χ0) is 15.8. The molecule has 0 aromatic heterocycles. The van der Waals surface area contributed by atoms with Gasteiger partial charge in [0.2, 0.25) is 5.91 Å². The van der Waals surface area contributed by atoms with Crippen LogP contribution < -0.4 is 5.90 Å². The summed E-state index contributed by atoms with van der Waals surface area (Å²) in [5.74, 6) is 3.78. The minimum absolute atomic E-state index is 0.0321. The quantitative estimate of drug-likeness (QED) is 0.706. The molecule has 0 aromatic rings. The molecule has 21 heavy (non-hydrogen) atoms. The molecule has 3 aliphatic rings. The van der Waals surface area contributed by atoms with Crippen LogP contribution in [0.15, 0.2) is 0 Å². The maximum atomic E-state index is 12.9. The first-order chi connectivity index (χ1) is 9.64. The molecule has 1 unspecified atom stereocenters. The molecule has 3 aliphatic heterocycles. The number of nitrogens with two attached hydrogens (primary N) is 1. The summed E-state index contributed by atoms with van der Waals surface area (Å²) in [6.07, 6.45) is -4.90. The van der Waals surface area contributed by atoms with Gasteiger partial charge < -0.3 is 0 Å². The summed E-state index contributed by atoms with van der Waals surface area (Å²) in [4.78, 5) is 13.0.